The van der Waals surface area contributed by atoms with Crippen molar-refractivity contribution < 1.29 is 13.9 Å². The summed E-state index contributed by atoms with van der Waals surface area (Å²) in [6.07, 6.45) is 0. The number of benzene rings is 1. The molecule has 0 aliphatic heterocycles. The summed E-state index contributed by atoms with van der Waals surface area (Å²) in [5.74, 6) is -0.727. The fraction of sp³-hybridized carbons (Fsp3) is 0.500. The average molecular weight is 268 g/mol. The number of nitrogens with one attached hydrogen (secondary N) is 2. The van der Waals surface area contributed by atoms with E-state index < -0.39 is 5.82 Å². The highest BCUT2D eigenvalue weighted by atomic mass is 19.1. The number of hydrogen-bond acceptors (Lipinski definition) is 3. The Kier molecular flexibility index (Phi) is 6.29. The van der Waals surface area contributed by atoms with Gasteiger partial charge in [-0.2, -0.15) is 0 Å². The maximum absolute atomic E-state index is 13.7. The first-order valence-electron chi connectivity index (χ1n) is 6.51. The van der Waals surface area contributed by atoms with Crippen LogP contribution in [0.4, 0.5) is 10.1 Å². The molecule has 1 unspecified atom stereocenters. The van der Waals surface area contributed by atoms with Crippen molar-refractivity contribution in [3.05, 3.63) is 29.6 Å². The van der Waals surface area contributed by atoms with Gasteiger partial charge in [0.1, 0.15) is 5.82 Å². The summed E-state index contributed by atoms with van der Waals surface area (Å²) in [6, 6.07) is 4.34. The van der Waals surface area contributed by atoms with Crippen molar-refractivity contribution in [1.82, 2.24) is 5.32 Å². The maximum atomic E-state index is 13.7. The maximum Gasteiger partial charge on any atom is 0.253 e. The number of ether oxygens (including phenoxy) is 1. The van der Waals surface area contributed by atoms with Gasteiger partial charge in [-0.1, -0.05) is 6.07 Å². The van der Waals surface area contributed by atoms with Gasteiger partial charge in [0.2, 0.25) is 0 Å². The zero-order chi connectivity index (χ0) is 14.3. The van der Waals surface area contributed by atoms with Crippen molar-refractivity contribution in [1.29, 1.82) is 0 Å². The van der Waals surface area contributed by atoms with Crippen LogP contribution in [0.3, 0.4) is 0 Å². The Morgan fingerprint density at radius 1 is 1.42 bits per heavy atom. The Morgan fingerprint density at radius 2 is 2.16 bits per heavy atom. The zero-order valence-electron chi connectivity index (χ0n) is 11.6. The first-order chi connectivity index (χ1) is 9.10. The molecule has 19 heavy (non-hydrogen) atoms. The number of amides is 1. The number of carbonyl (C=O) groups excluding carboxylic acids is 1. The summed E-state index contributed by atoms with van der Waals surface area (Å²) < 4.78 is 18.9. The summed E-state index contributed by atoms with van der Waals surface area (Å²) in [5.41, 5.74) is 0.552. The van der Waals surface area contributed by atoms with Crippen molar-refractivity contribution in [2.24, 2.45) is 0 Å². The van der Waals surface area contributed by atoms with Crippen LogP contribution >= 0.6 is 0 Å². The second-order valence-electron chi connectivity index (χ2n) is 4.23. The Hall–Kier alpha value is -1.62. The monoisotopic (exact) mass is 268 g/mol. The van der Waals surface area contributed by atoms with Crippen LogP contribution in [0.5, 0.6) is 0 Å². The summed E-state index contributed by atoms with van der Waals surface area (Å²) in [7, 11) is 0. The van der Waals surface area contributed by atoms with Crippen LogP contribution in [0.15, 0.2) is 18.2 Å². The van der Waals surface area contributed by atoms with E-state index in [0.29, 0.717) is 25.3 Å². The van der Waals surface area contributed by atoms with Crippen molar-refractivity contribution in [2.45, 2.75) is 26.8 Å². The Balaban J connectivity index is 2.78. The SMILES string of the molecule is CCNc1c(F)cccc1C(=O)NC(C)COCC. The smallest absolute Gasteiger partial charge is 0.253 e. The van der Waals surface area contributed by atoms with E-state index in [9.17, 15) is 9.18 Å². The predicted octanol–water partition coefficient (Wildman–Crippen LogP) is 2.41. The molecule has 0 aliphatic rings. The molecule has 106 valence electrons. The van der Waals surface area contributed by atoms with Gasteiger partial charge < -0.3 is 15.4 Å². The number of rotatable bonds is 7. The fourth-order valence-corrected chi connectivity index (χ4v) is 1.71. The van der Waals surface area contributed by atoms with E-state index in [1.165, 1.54) is 12.1 Å². The normalized spacial score (nSPS) is 12.0. The summed E-state index contributed by atoms with van der Waals surface area (Å²) >= 11 is 0. The van der Waals surface area contributed by atoms with Crippen LogP contribution in [0.2, 0.25) is 0 Å². The molecule has 1 aromatic rings. The second-order valence-corrected chi connectivity index (χ2v) is 4.23. The van der Waals surface area contributed by atoms with E-state index in [4.69, 9.17) is 4.74 Å². The number of para-hydroxylation sites is 1. The molecule has 0 heterocycles. The molecule has 2 N–H and O–H groups in total. The molecule has 5 heteroatoms. The topological polar surface area (TPSA) is 50.4 Å². The lowest BCUT2D eigenvalue weighted by molar-refractivity contribution is 0.0872. The molecule has 4 nitrogen and oxygen atoms in total. The summed E-state index contributed by atoms with van der Waals surface area (Å²) in [6.45, 7) is 7.18. The van der Waals surface area contributed by atoms with Gasteiger partial charge in [-0.3, -0.25) is 4.79 Å². The molecular formula is C14H21FN2O2. The van der Waals surface area contributed by atoms with Gasteiger partial charge >= 0.3 is 0 Å². The molecule has 0 spiro atoms. The molecule has 0 radical (unpaired) electrons. The number of carbonyl (C=O) groups is 1. The minimum atomic E-state index is -0.424. The molecule has 0 aliphatic carbocycles. The van der Waals surface area contributed by atoms with Gasteiger partial charge in [0, 0.05) is 19.2 Å². The average Bonchev–Trinajstić information content (AvgIpc) is 2.38. The van der Waals surface area contributed by atoms with Gasteiger partial charge in [0.05, 0.1) is 17.9 Å². The van der Waals surface area contributed by atoms with Crippen molar-refractivity contribution in [3.8, 4) is 0 Å². The molecule has 0 aromatic heterocycles. The minimum absolute atomic E-state index is 0.120. The molecular weight excluding hydrogens is 247 g/mol. The molecule has 1 rings (SSSR count). The number of hydrogen-bond donors (Lipinski definition) is 2. The van der Waals surface area contributed by atoms with Crippen molar-refractivity contribution in [2.75, 3.05) is 25.1 Å². The van der Waals surface area contributed by atoms with E-state index in [-0.39, 0.29) is 17.6 Å². The lowest BCUT2D eigenvalue weighted by atomic mass is 10.1. The van der Waals surface area contributed by atoms with Crippen LogP contribution in [0.1, 0.15) is 31.1 Å². The highest BCUT2D eigenvalue weighted by Crippen LogP contribution is 2.19. The third kappa shape index (κ3) is 4.52. The van der Waals surface area contributed by atoms with Crippen LogP contribution in [-0.2, 0) is 4.74 Å². The third-order valence-corrected chi connectivity index (χ3v) is 2.56. The van der Waals surface area contributed by atoms with Gasteiger partial charge in [-0.15, -0.1) is 0 Å². The van der Waals surface area contributed by atoms with E-state index in [0.717, 1.165) is 0 Å². The minimum Gasteiger partial charge on any atom is -0.382 e. The molecule has 0 saturated heterocycles. The lowest BCUT2D eigenvalue weighted by Crippen LogP contribution is -2.36. The van der Waals surface area contributed by atoms with Crippen molar-refractivity contribution >= 4 is 11.6 Å². The molecule has 1 amide bonds. The third-order valence-electron chi connectivity index (χ3n) is 2.56. The van der Waals surface area contributed by atoms with E-state index >= 15 is 0 Å². The number of halogens is 1. The highest BCUT2D eigenvalue weighted by molar-refractivity contribution is 5.99. The van der Waals surface area contributed by atoms with Gasteiger partial charge in [-0.05, 0) is 32.9 Å². The van der Waals surface area contributed by atoms with Gasteiger partial charge in [-0.25, -0.2) is 4.39 Å². The van der Waals surface area contributed by atoms with Crippen molar-refractivity contribution in [3.63, 3.8) is 0 Å². The van der Waals surface area contributed by atoms with Gasteiger partial charge in [0.15, 0.2) is 0 Å². The van der Waals surface area contributed by atoms with Gasteiger partial charge in [0.25, 0.3) is 5.91 Å². The highest BCUT2D eigenvalue weighted by Gasteiger charge is 2.16. The quantitative estimate of drug-likeness (QED) is 0.798. The molecule has 0 bridgehead atoms. The predicted molar refractivity (Wildman–Crippen MR) is 74.0 cm³/mol. The largest absolute Gasteiger partial charge is 0.382 e. The molecule has 0 saturated carbocycles. The first-order valence-corrected chi connectivity index (χ1v) is 6.51. The second kappa shape index (κ2) is 7.74. The lowest BCUT2D eigenvalue weighted by Gasteiger charge is -2.16. The van der Waals surface area contributed by atoms with E-state index in [2.05, 4.69) is 10.6 Å². The van der Waals surface area contributed by atoms with Crippen LogP contribution in [-0.4, -0.2) is 31.7 Å². The Labute approximate surface area is 113 Å². The van der Waals surface area contributed by atoms with Crippen LogP contribution in [0, 0.1) is 5.82 Å². The van der Waals surface area contributed by atoms with E-state index in [1.54, 1.807) is 6.07 Å². The Morgan fingerprint density at radius 3 is 2.79 bits per heavy atom. The molecule has 0 fully saturated rings. The van der Waals surface area contributed by atoms with E-state index in [1.807, 2.05) is 20.8 Å². The summed E-state index contributed by atoms with van der Waals surface area (Å²) in [5, 5.41) is 5.66. The molecule has 1 aromatic carbocycles. The zero-order valence-corrected chi connectivity index (χ0v) is 11.6. The fourth-order valence-electron chi connectivity index (χ4n) is 1.71. The Bertz CT molecular complexity index is 424. The summed E-state index contributed by atoms with van der Waals surface area (Å²) in [4.78, 5) is 12.1. The van der Waals surface area contributed by atoms with Crippen LogP contribution in [0.25, 0.3) is 0 Å². The first kappa shape index (κ1) is 15.4. The standard InChI is InChI=1S/C14H21FN2O2/c1-4-16-13-11(7-6-8-12(13)15)14(18)17-10(3)9-19-5-2/h6-8,10,16H,4-5,9H2,1-3H3,(H,17,18). The molecule has 1 atom stereocenters. The van der Waals surface area contributed by atoms with Crippen LogP contribution < -0.4 is 10.6 Å². The number of anilines is 1.